The Balaban J connectivity index is 1.50. The average molecular weight is 492 g/mol. The van der Waals surface area contributed by atoms with E-state index in [-0.39, 0.29) is 5.92 Å². The van der Waals surface area contributed by atoms with Crippen LogP contribution >= 0.6 is 0 Å². The van der Waals surface area contributed by atoms with Crippen LogP contribution in [0.3, 0.4) is 0 Å². The number of aliphatic imine (C=N–C) groups is 1. The molecule has 8 heteroatoms. The molecule has 0 bridgehead atoms. The highest BCUT2D eigenvalue weighted by molar-refractivity contribution is 5.84. The maximum atomic E-state index is 12.0. The fraction of sp³-hybridized carbons (Fsp3) is 0.429. The van der Waals surface area contributed by atoms with Gasteiger partial charge in [0, 0.05) is 17.7 Å². The molecule has 1 heterocycles. The minimum atomic E-state index is -0.573. The number of hydrogen-bond acceptors (Lipinski definition) is 7. The Kier molecular flexibility index (Phi) is 7.72. The van der Waals surface area contributed by atoms with Crippen molar-refractivity contribution in [3.8, 4) is 22.9 Å². The van der Waals surface area contributed by atoms with Crippen molar-refractivity contribution in [3.63, 3.8) is 0 Å². The molecule has 0 saturated heterocycles. The van der Waals surface area contributed by atoms with Crippen LogP contribution in [0.5, 0.6) is 11.5 Å². The zero-order valence-corrected chi connectivity index (χ0v) is 21.5. The first-order valence-electron chi connectivity index (χ1n) is 12.4. The van der Waals surface area contributed by atoms with Gasteiger partial charge in [0.05, 0.1) is 19.6 Å². The van der Waals surface area contributed by atoms with E-state index in [1.807, 2.05) is 65.0 Å². The van der Waals surface area contributed by atoms with Gasteiger partial charge in [-0.15, -0.1) is 0 Å². The summed E-state index contributed by atoms with van der Waals surface area (Å²) in [6.45, 7) is 10.5. The van der Waals surface area contributed by atoms with Gasteiger partial charge in [-0.25, -0.2) is 4.79 Å². The maximum absolute atomic E-state index is 12.0. The lowest BCUT2D eigenvalue weighted by atomic mass is 9.99. The first-order chi connectivity index (χ1) is 17.3. The molecule has 0 radical (unpaired) electrons. The van der Waals surface area contributed by atoms with Crippen molar-refractivity contribution in [2.45, 2.75) is 65.4 Å². The van der Waals surface area contributed by atoms with Crippen LogP contribution < -0.4 is 9.47 Å². The third-order valence-electron chi connectivity index (χ3n) is 5.74. The van der Waals surface area contributed by atoms with Gasteiger partial charge in [0.1, 0.15) is 5.60 Å². The summed E-state index contributed by atoms with van der Waals surface area (Å²) in [5, 5.41) is 4.26. The van der Waals surface area contributed by atoms with Crippen LogP contribution in [0, 0.1) is 0 Å². The zero-order valence-electron chi connectivity index (χ0n) is 21.5. The topological polar surface area (TPSA) is 96.0 Å². The van der Waals surface area contributed by atoms with Crippen LogP contribution in [0.15, 0.2) is 45.9 Å². The van der Waals surface area contributed by atoms with Gasteiger partial charge in [0.15, 0.2) is 11.5 Å². The number of carbonyl (C=O) groups is 1. The highest BCUT2D eigenvalue weighted by Crippen LogP contribution is 2.37. The van der Waals surface area contributed by atoms with Gasteiger partial charge in [-0.05, 0) is 76.3 Å². The Hall–Kier alpha value is -3.68. The first-order valence-corrected chi connectivity index (χ1v) is 12.4. The zero-order chi connectivity index (χ0) is 25.7. The van der Waals surface area contributed by atoms with Gasteiger partial charge >= 0.3 is 6.09 Å². The molecule has 8 nitrogen and oxygen atoms in total. The molecule has 1 amide bonds. The molecular formula is C28H33N3O5. The van der Waals surface area contributed by atoms with Crippen LogP contribution in [0.4, 0.5) is 4.79 Å². The Morgan fingerprint density at radius 1 is 1.14 bits per heavy atom. The molecule has 0 fully saturated rings. The number of amides is 1. The fourth-order valence-electron chi connectivity index (χ4n) is 4.31. The molecule has 36 heavy (non-hydrogen) atoms. The van der Waals surface area contributed by atoms with Crippen LogP contribution in [0.2, 0.25) is 0 Å². The summed E-state index contributed by atoms with van der Waals surface area (Å²) in [7, 11) is 0. The molecule has 0 saturated carbocycles. The molecule has 3 aromatic rings. The van der Waals surface area contributed by atoms with E-state index in [1.54, 1.807) is 6.21 Å². The second-order valence-electron chi connectivity index (χ2n) is 9.61. The van der Waals surface area contributed by atoms with E-state index in [1.165, 1.54) is 0 Å². The molecule has 1 aliphatic rings. The summed E-state index contributed by atoms with van der Waals surface area (Å²) >= 11 is 0. The predicted molar refractivity (Wildman–Crippen MR) is 137 cm³/mol. The van der Waals surface area contributed by atoms with Gasteiger partial charge in [-0.2, -0.15) is 9.98 Å². The number of benzene rings is 2. The number of hydrogen-bond donors (Lipinski definition) is 0. The summed E-state index contributed by atoms with van der Waals surface area (Å²) in [5.41, 5.74) is 3.65. The van der Waals surface area contributed by atoms with Crippen LogP contribution in [0.25, 0.3) is 11.4 Å². The van der Waals surface area contributed by atoms with Crippen molar-refractivity contribution in [2.75, 3.05) is 13.2 Å². The number of aromatic nitrogens is 2. The SMILES string of the molecule is CCOc1ccc(Cc2nc(-c3cccc4c3CCC4/C=N/C(=O)OC(C)(C)C)no2)cc1OCC. The van der Waals surface area contributed by atoms with E-state index in [4.69, 9.17) is 18.7 Å². The highest BCUT2D eigenvalue weighted by Gasteiger charge is 2.26. The van der Waals surface area contributed by atoms with Crippen LogP contribution in [-0.4, -0.2) is 41.3 Å². The molecule has 190 valence electrons. The molecule has 0 spiro atoms. The Morgan fingerprint density at radius 2 is 1.92 bits per heavy atom. The normalized spacial score (nSPS) is 15.2. The summed E-state index contributed by atoms with van der Waals surface area (Å²) in [6.07, 6.45) is 3.30. The van der Waals surface area contributed by atoms with E-state index < -0.39 is 11.7 Å². The molecular weight excluding hydrogens is 458 g/mol. The minimum Gasteiger partial charge on any atom is -0.490 e. The molecule has 1 atom stereocenters. The van der Waals surface area contributed by atoms with E-state index in [0.29, 0.717) is 37.1 Å². The molecule has 0 aliphatic heterocycles. The van der Waals surface area contributed by atoms with Crippen molar-refractivity contribution in [2.24, 2.45) is 4.99 Å². The summed E-state index contributed by atoms with van der Waals surface area (Å²) in [5.74, 6) is 2.55. The number of nitrogens with zero attached hydrogens (tertiary/aromatic N) is 3. The highest BCUT2D eigenvalue weighted by atomic mass is 16.6. The molecule has 1 aliphatic carbocycles. The number of fused-ring (bicyclic) bond motifs is 1. The van der Waals surface area contributed by atoms with Crippen molar-refractivity contribution in [1.29, 1.82) is 0 Å². The van der Waals surface area contributed by atoms with Gasteiger partial charge in [0.25, 0.3) is 0 Å². The lowest BCUT2D eigenvalue weighted by Gasteiger charge is -2.17. The standard InChI is InChI=1S/C28H33N3O5/c1-6-33-23-14-11-18(15-24(23)34-7-2)16-25-30-26(31-36-25)22-10-8-9-20-19(12-13-21(20)22)17-29-27(32)35-28(3,4)5/h8-11,14-15,17,19H,6-7,12-13,16H2,1-5H3/b29-17+. The number of rotatable bonds is 8. The van der Waals surface area contributed by atoms with E-state index >= 15 is 0 Å². The van der Waals surface area contributed by atoms with Gasteiger partial charge in [0.2, 0.25) is 11.7 Å². The second-order valence-corrected chi connectivity index (χ2v) is 9.61. The monoisotopic (exact) mass is 491 g/mol. The van der Waals surface area contributed by atoms with Gasteiger partial charge in [-0.3, -0.25) is 0 Å². The van der Waals surface area contributed by atoms with E-state index in [9.17, 15) is 4.79 Å². The van der Waals surface area contributed by atoms with Gasteiger partial charge in [-0.1, -0.05) is 29.4 Å². The second kappa shape index (κ2) is 10.9. The minimum absolute atomic E-state index is 0.0414. The molecule has 4 rings (SSSR count). The van der Waals surface area contributed by atoms with Crippen molar-refractivity contribution < 1.29 is 23.5 Å². The Labute approximate surface area is 211 Å². The van der Waals surface area contributed by atoms with E-state index in [0.717, 1.165) is 40.8 Å². The smallest absolute Gasteiger partial charge is 0.433 e. The maximum Gasteiger partial charge on any atom is 0.433 e. The summed E-state index contributed by atoms with van der Waals surface area (Å²) < 4.78 is 22.3. The van der Waals surface area contributed by atoms with E-state index in [2.05, 4.69) is 21.2 Å². The Bertz CT molecular complexity index is 1240. The Morgan fingerprint density at radius 3 is 2.67 bits per heavy atom. The lowest BCUT2D eigenvalue weighted by molar-refractivity contribution is 0.0604. The van der Waals surface area contributed by atoms with Crippen LogP contribution in [0.1, 0.15) is 69.5 Å². The summed E-state index contributed by atoms with van der Waals surface area (Å²) in [4.78, 5) is 20.7. The molecule has 1 unspecified atom stereocenters. The quantitative estimate of drug-likeness (QED) is 0.348. The third-order valence-corrected chi connectivity index (χ3v) is 5.74. The van der Waals surface area contributed by atoms with Gasteiger partial charge < -0.3 is 18.7 Å². The predicted octanol–water partition coefficient (Wildman–Crippen LogP) is 6.16. The average Bonchev–Trinajstić information content (AvgIpc) is 3.45. The van der Waals surface area contributed by atoms with Crippen molar-refractivity contribution in [1.82, 2.24) is 10.1 Å². The molecule has 1 aromatic heterocycles. The fourth-order valence-corrected chi connectivity index (χ4v) is 4.31. The van der Waals surface area contributed by atoms with Crippen LogP contribution in [-0.2, 0) is 17.6 Å². The number of carbonyl (C=O) groups excluding carboxylic acids is 1. The van der Waals surface area contributed by atoms with Crippen molar-refractivity contribution >= 4 is 12.3 Å². The largest absolute Gasteiger partial charge is 0.490 e. The first kappa shape index (κ1) is 25.4. The number of ether oxygens (including phenoxy) is 3. The lowest BCUT2D eigenvalue weighted by Crippen LogP contribution is -2.22. The molecule has 2 aromatic carbocycles. The molecule has 0 N–H and O–H groups in total. The summed E-state index contributed by atoms with van der Waals surface area (Å²) in [6, 6.07) is 11.9. The van der Waals surface area contributed by atoms with Crippen molar-refractivity contribution in [3.05, 3.63) is 59.0 Å². The third kappa shape index (κ3) is 6.11.